The maximum absolute atomic E-state index is 9.76. The van der Waals surface area contributed by atoms with Gasteiger partial charge in [-0.15, -0.1) is 0 Å². The summed E-state index contributed by atoms with van der Waals surface area (Å²) in [4.78, 5) is 0. The number of aliphatic hydroxyl groups is 4. The summed E-state index contributed by atoms with van der Waals surface area (Å²) in [6.45, 7) is 1.87. The molecule has 0 aromatic rings. The Bertz CT molecular complexity index is 427. The Morgan fingerprint density at radius 1 is 1.00 bits per heavy atom. The second-order valence-corrected chi connectivity index (χ2v) is 5.03. The average Bonchev–Trinajstić information content (AvgIpc) is 2.53. The molecule has 1 heterocycles. The zero-order valence-electron chi connectivity index (χ0n) is 12.7. The van der Waals surface area contributed by atoms with Crippen LogP contribution in [0.4, 0.5) is 0 Å². The molecule has 1 aliphatic heterocycles. The van der Waals surface area contributed by atoms with Crippen molar-refractivity contribution in [2.75, 3.05) is 13.2 Å². The first-order valence-electron chi connectivity index (χ1n) is 7.49. The van der Waals surface area contributed by atoms with Crippen LogP contribution in [0.5, 0.6) is 0 Å². The maximum Gasteiger partial charge on any atom is 0.186 e. The fraction of sp³-hybridized carbons (Fsp3) is 0.750. The summed E-state index contributed by atoms with van der Waals surface area (Å²) in [5.41, 5.74) is 0. The number of hydrogen-bond donors (Lipinski definition) is 4. The minimum atomic E-state index is -1.41. The summed E-state index contributed by atoms with van der Waals surface area (Å²) in [6, 6.07) is 0. The molecule has 0 aliphatic carbocycles. The molecule has 0 bridgehead atoms. The van der Waals surface area contributed by atoms with E-state index in [-0.39, 0.29) is 6.61 Å². The Morgan fingerprint density at radius 2 is 1.68 bits per heavy atom. The van der Waals surface area contributed by atoms with Crippen LogP contribution < -0.4 is 0 Å². The minimum absolute atomic E-state index is 0.278. The molecule has 1 aliphatic rings. The number of ether oxygens (including phenoxy) is 2. The Hall–Kier alpha value is -1.12. The summed E-state index contributed by atoms with van der Waals surface area (Å²) in [5, 5.41) is 38.0. The number of rotatable bonds is 6. The Morgan fingerprint density at radius 3 is 2.32 bits per heavy atom. The molecule has 0 aromatic carbocycles. The molecule has 5 atom stereocenters. The van der Waals surface area contributed by atoms with Crippen LogP contribution in [0.3, 0.4) is 0 Å². The minimum Gasteiger partial charge on any atom is -0.394 e. The number of unbranched alkanes of at least 4 members (excludes halogenated alkanes) is 2. The molecule has 0 spiro atoms. The summed E-state index contributed by atoms with van der Waals surface area (Å²) in [7, 11) is 0. The van der Waals surface area contributed by atoms with Gasteiger partial charge in [0.1, 0.15) is 24.4 Å². The van der Waals surface area contributed by atoms with Crippen LogP contribution >= 0.6 is 0 Å². The van der Waals surface area contributed by atoms with Crippen molar-refractivity contribution in [2.45, 2.75) is 63.3 Å². The number of aliphatic hydroxyl groups excluding tert-OH is 4. The van der Waals surface area contributed by atoms with Gasteiger partial charge in [0.15, 0.2) is 6.29 Å². The second kappa shape index (κ2) is 10.6. The van der Waals surface area contributed by atoms with Gasteiger partial charge in [-0.1, -0.05) is 18.8 Å². The van der Waals surface area contributed by atoms with E-state index in [0.29, 0.717) is 12.8 Å². The molecule has 0 aromatic heterocycles. The third-order valence-corrected chi connectivity index (χ3v) is 3.19. The monoisotopic (exact) mass is 312 g/mol. The highest BCUT2D eigenvalue weighted by atomic mass is 16.7. The highest BCUT2D eigenvalue weighted by Crippen LogP contribution is 2.21. The normalized spacial score (nSPS) is 30.9. The third-order valence-electron chi connectivity index (χ3n) is 3.19. The van der Waals surface area contributed by atoms with Gasteiger partial charge in [0.2, 0.25) is 0 Å². The predicted molar refractivity (Wildman–Crippen MR) is 79.4 cm³/mol. The van der Waals surface area contributed by atoms with Gasteiger partial charge in [-0.3, -0.25) is 0 Å². The molecule has 6 nitrogen and oxygen atoms in total. The second-order valence-electron chi connectivity index (χ2n) is 5.03. The van der Waals surface area contributed by atoms with Crippen LogP contribution in [-0.2, 0) is 9.47 Å². The molecule has 0 unspecified atom stereocenters. The van der Waals surface area contributed by atoms with Crippen LogP contribution in [0.15, 0.2) is 0 Å². The van der Waals surface area contributed by atoms with E-state index < -0.39 is 37.3 Å². The smallest absolute Gasteiger partial charge is 0.186 e. The van der Waals surface area contributed by atoms with E-state index in [1.54, 1.807) is 0 Å². The molecule has 0 radical (unpaired) electrons. The molecule has 4 N–H and O–H groups in total. The molecule has 1 fully saturated rings. The summed E-state index contributed by atoms with van der Waals surface area (Å²) in [6.07, 6.45) is -3.09. The van der Waals surface area contributed by atoms with Gasteiger partial charge in [-0.05, 0) is 24.7 Å². The topological polar surface area (TPSA) is 99.4 Å². The highest BCUT2D eigenvalue weighted by molar-refractivity contribution is 5.25. The van der Waals surface area contributed by atoms with Crippen molar-refractivity contribution in [1.82, 2.24) is 0 Å². The van der Waals surface area contributed by atoms with Crippen molar-refractivity contribution >= 4 is 0 Å². The van der Waals surface area contributed by atoms with Crippen molar-refractivity contribution in [3.05, 3.63) is 0 Å². The van der Waals surface area contributed by atoms with Gasteiger partial charge in [-0.2, -0.15) is 0 Å². The summed E-state index contributed by atoms with van der Waals surface area (Å²) < 4.78 is 10.5. The molecule has 1 saturated heterocycles. The zero-order chi connectivity index (χ0) is 16.4. The lowest BCUT2D eigenvalue weighted by Crippen LogP contribution is -2.59. The first-order chi connectivity index (χ1) is 10.6. The van der Waals surface area contributed by atoms with Crippen molar-refractivity contribution in [3.63, 3.8) is 0 Å². The quantitative estimate of drug-likeness (QED) is 0.386. The van der Waals surface area contributed by atoms with Gasteiger partial charge in [0.05, 0.1) is 13.2 Å². The van der Waals surface area contributed by atoms with Crippen molar-refractivity contribution in [3.8, 4) is 23.7 Å². The van der Waals surface area contributed by atoms with Crippen LogP contribution in [-0.4, -0.2) is 64.3 Å². The van der Waals surface area contributed by atoms with Gasteiger partial charge in [-0.25, -0.2) is 0 Å². The van der Waals surface area contributed by atoms with E-state index in [0.717, 1.165) is 12.8 Å². The molecule has 1 rings (SSSR count). The zero-order valence-corrected chi connectivity index (χ0v) is 12.7. The SMILES string of the molecule is CCCC#CC#CCCCO[C@@H]1O[C@H](CO)[C@@H](O)[C@H](O)[C@H]1O. The lowest BCUT2D eigenvalue weighted by Gasteiger charge is -2.39. The largest absolute Gasteiger partial charge is 0.394 e. The fourth-order valence-electron chi connectivity index (χ4n) is 1.90. The number of hydrogen-bond acceptors (Lipinski definition) is 6. The molecular weight excluding hydrogens is 288 g/mol. The molecule has 0 amide bonds. The predicted octanol–water partition coefficient (Wildman–Crippen LogP) is -0.610. The summed E-state index contributed by atoms with van der Waals surface area (Å²) in [5.74, 6) is 11.3. The van der Waals surface area contributed by atoms with E-state index in [4.69, 9.17) is 14.6 Å². The van der Waals surface area contributed by atoms with E-state index in [1.807, 2.05) is 0 Å². The van der Waals surface area contributed by atoms with Gasteiger partial charge >= 0.3 is 0 Å². The fourth-order valence-corrected chi connectivity index (χ4v) is 1.90. The summed E-state index contributed by atoms with van der Waals surface area (Å²) >= 11 is 0. The Balaban J connectivity index is 2.28. The highest BCUT2D eigenvalue weighted by Gasteiger charge is 2.43. The van der Waals surface area contributed by atoms with Crippen LogP contribution in [0, 0.1) is 23.7 Å². The van der Waals surface area contributed by atoms with E-state index in [2.05, 4.69) is 30.6 Å². The maximum atomic E-state index is 9.76. The molecule has 0 saturated carbocycles. The standard InChI is InChI=1S/C16H24O6/c1-2-3-4-5-6-7-8-9-10-21-16-15(20)14(19)13(18)12(11-17)22-16/h12-20H,2-3,8-11H2,1H3/t12-,13-,14+,15-,16-/m1/s1. The molecule has 22 heavy (non-hydrogen) atoms. The molecule has 6 heteroatoms. The van der Waals surface area contributed by atoms with Gasteiger partial charge < -0.3 is 29.9 Å². The van der Waals surface area contributed by atoms with Crippen LogP contribution in [0.25, 0.3) is 0 Å². The Labute approximate surface area is 131 Å². The van der Waals surface area contributed by atoms with Gasteiger partial charge in [0, 0.05) is 12.8 Å². The molecular formula is C16H24O6. The first kappa shape index (κ1) is 18.9. The van der Waals surface area contributed by atoms with Crippen molar-refractivity contribution < 1.29 is 29.9 Å². The third kappa shape index (κ3) is 5.94. The van der Waals surface area contributed by atoms with Crippen LogP contribution in [0.2, 0.25) is 0 Å². The van der Waals surface area contributed by atoms with Gasteiger partial charge in [0.25, 0.3) is 0 Å². The lowest BCUT2D eigenvalue weighted by molar-refractivity contribution is -0.301. The Kier molecular flexibility index (Phi) is 9.10. The lowest BCUT2D eigenvalue weighted by atomic mass is 9.99. The van der Waals surface area contributed by atoms with E-state index in [9.17, 15) is 15.3 Å². The first-order valence-corrected chi connectivity index (χ1v) is 7.49. The van der Waals surface area contributed by atoms with E-state index >= 15 is 0 Å². The van der Waals surface area contributed by atoms with Crippen molar-refractivity contribution in [2.24, 2.45) is 0 Å². The van der Waals surface area contributed by atoms with Crippen molar-refractivity contribution in [1.29, 1.82) is 0 Å². The van der Waals surface area contributed by atoms with Crippen LogP contribution in [0.1, 0.15) is 32.6 Å². The van der Waals surface area contributed by atoms with E-state index in [1.165, 1.54) is 0 Å². The average molecular weight is 312 g/mol. The molecule has 124 valence electrons.